The molecule has 0 unspecified atom stereocenters. The lowest BCUT2D eigenvalue weighted by Crippen LogP contribution is -2.24. The molecule has 1 amide bonds. The summed E-state index contributed by atoms with van der Waals surface area (Å²) in [5.41, 5.74) is 0. The normalized spacial score (nSPS) is 8.90. The zero-order valence-corrected chi connectivity index (χ0v) is 5.63. The molecular formula is C5H7BN2O2. The fraction of sp³-hybridized carbons (Fsp3) is 0.200. The number of carbonyl (C=O) groups excluding carboxylic acids is 1. The third kappa shape index (κ3) is 1.37. The first-order chi connectivity index (χ1) is 4.84. The van der Waals surface area contributed by atoms with Crippen molar-refractivity contribution in [1.82, 2.24) is 10.4 Å². The van der Waals surface area contributed by atoms with Crippen molar-refractivity contribution >= 4 is 13.3 Å². The average Bonchev–Trinajstić information content (AvgIpc) is 2.38. The van der Waals surface area contributed by atoms with Crippen molar-refractivity contribution in [3.8, 4) is 0 Å². The second kappa shape index (κ2) is 3.05. The van der Waals surface area contributed by atoms with Crippen LogP contribution < -0.4 is 5.23 Å². The minimum absolute atomic E-state index is 0.222. The number of aromatic nitrogens is 1. The van der Waals surface area contributed by atoms with Crippen LogP contribution in [-0.4, -0.2) is 18.5 Å². The van der Waals surface area contributed by atoms with E-state index in [4.69, 9.17) is 0 Å². The molecule has 10 heavy (non-hydrogen) atoms. The van der Waals surface area contributed by atoms with E-state index in [9.17, 15) is 4.79 Å². The molecule has 0 fully saturated rings. The summed E-state index contributed by atoms with van der Waals surface area (Å²) in [5, 5.41) is 5.96. The highest BCUT2D eigenvalue weighted by Gasteiger charge is 2.06. The van der Waals surface area contributed by atoms with Crippen LogP contribution in [0, 0.1) is 0 Å². The van der Waals surface area contributed by atoms with E-state index < -0.39 is 0 Å². The van der Waals surface area contributed by atoms with Gasteiger partial charge in [-0.1, -0.05) is 12.0 Å². The van der Waals surface area contributed by atoms with Gasteiger partial charge in [-0.25, -0.2) is 0 Å². The molecule has 0 saturated heterocycles. The minimum atomic E-state index is -0.222. The standard InChI is InChI=1S/C5H7BN2O2/c1-6-8-5(9)4-2-3-7-10-4/h2-3,6H,1H3,(H,8,9). The quantitative estimate of drug-likeness (QED) is 0.576. The third-order valence-corrected chi connectivity index (χ3v) is 0.999. The van der Waals surface area contributed by atoms with Crippen LogP contribution in [0.15, 0.2) is 16.8 Å². The van der Waals surface area contributed by atoms with Crippen molar-refractivity contribution in [3.05, 3.63) is 18.0 Å². The molecule has 0 radical (unpaired) electrons. The van der Waals surface area contributed by atoms with Gasteiger partial charge in [0.2, 0.25) is 13.2 Å². The van der Waals surface area contributed by atoms with E-state index >= 15 is 0 Å². The predicted molar refractivity (Wildman–Crippen MR) is 37.0 cm³/mol. The highest BCUT2D eigenvalue weighted by Crippen LogP contribution is 1.94. The van der Waals surface area contributed by atoms with Crippen molar-refractivity contribution in [2.45, 2.75) is 6.82 Å². The number of hydrogen-bond donors (Lipinski definition) is 1. The van der Waals surface area contributed by atoms with Gasteiger partial charge in [0, 0.05) is 6.07 Å². The van der Waals surface area contributed by atoms with E-state index in [0.717, 1.165) is 0 Å². The molecule has 52 valence electrons. The molecule has 1 aromatic rings. The fourth-order valence-electron chi connectivity index (χ4n) is 0.581. The fourth-order valence-corrected chi connectivity index (χ4v) is 0.581. The summed E-state index contributed by atoms with van der Waals surface area (Å²) in [6.07, 6.45) is 1.44. The van der Waals surface area contributed by atoms with Crippen LogP contribution in [0.5, 0.6) is 0 Å². The molecule has 1 rings (SSSR count). The molecule has 0 spiro atoms. The smallest absolute Gasteiger partial charge is 0.277 e. The number of amides is 1. The van der Waals surface area contributed by atoms with Crippen molar-refractivity contribution in [3.63, 3.8) is 0 Å². The average molecular weight is 138 g/mol. The largest absolute Gasteiger partial charge is 0.396 e. The van der Waals surface area contributed by atoms with E-state index in [0.29, 0.717) is 7.41 Å². The molecule has 0 aromatic carbocycles. The summed E-state index contributed by atoms with van der Waals surface area (Å²) >= 11 is 0. The number of nitrogens with zero attached hydrogens (tertiary/aromatic N) is 1. The third-order valence-electron chi connectivity index (χ3n) is 0.999. The number of rotatable bonds is 2. The van der Waals surface area contributed by atoms with Gasteiger partial charge in [-0.05, 0) is 0 Å². The lowest BCUT2D eigenvalue weighted by molar-refractivity contribution is 0.0944. The maximum atomic E-state index is 10.9. The van der Waals surface area contributed by atoms with Crippen LogP contribution in [0.25, 0.3) is 0 Å². The van der Waals surface area contributed by atoms with Gasteiger partial charge >= 0.3 is 0 Å². The summed E-state index contributed by atoms with van der Waals surface area (Å²) < 4.78 is 4.59. The number of carbonyl (C=O) groups is 1. The Balaban J connectivity index is 2.59. The van der Waals surface area contributed by atoms with Crippen molar-refractivity contribution in [2.75, 3.05) is 0 Å². The molecule has 0 aliphatic rings. The SMILES string of the molecule is CBNC(=O)c1ccno1. The summed E-state index contributed by atoms with van der Waals surface area (Å²) in [7, 11) is 0.597. The molecule has 1 N–H and O–H groups in total. The molecule has 0 aliphatic heterocycles. The van der Waals surface area contributed by atoms with Crippen LogP contribution in [0.1, 0.15) is 10.6 Å². The van der Waals surface area contributed by atoms with E-state index in [2.05, 4.69) is 14.9 Å². The zero-order chi connectivity index (χ0) is 7.40. The Bertz CT molecular complexity index is 209. The lowest BCUT2D eigenvalue weighted by atomic mass is 10.0. The molecule has 1 aromatic heterocycles. The molecule has 0 aliphatic carbocycles. The van der Waals surface area contributed by atoms with Gasteiger partial charge in [0.15, 0.2) is 0 Å². The van der Waals surface area contributed by atoms with Gasteiger partial charge in [0.05, 0.1) is 6.20 Å². The highest BCUT2D eigenvalue weighted by atomic mass is 16.5. The Kier molecular flexibility index (Phi) is 2.09. The minimum Gasteiger partial charge on any atom is -0.396 e. The molecule has 0 atom stereocenters. The van der Waals surface area contributed by atoms with Gasteiger partial charge in [0.1, 0.15) is 0 Å². The Labute approximate surface area is 58.8 Å². The summed E-state index contributed by atoms with van der Waals surface area (Å²) in [5.74, 6) is 0.0295. The van der Waals surface area contributed by atoms with Crippen molar-refractivity contribution < 1.29 is 9.32 Å². The first-order valence-electron chi connectivity index (χ1n) is 3.03. The van der Waals surface area contributed by atoms with E-state index in [-0.39, 0.29) is 11.7 Å². The molecule has 0 bridgehead atoms. The Morgan fingerprint density at radius 2 is 2.70 bits per heavy atom. The molecular weight excluding hydrogens is 131 g/mol. The van der Waals surface area contributed by atoms with E-state index in [1.165, 1.54) is 12.3 Å². The summed E-state index contributed by atoms with van der Waals surface area (Å²) in [6.45, 7) is 1.84. The van der Waals surface area contributed by atoms with Crippen molar-refractivity contribution in [2.24, 2.45) is 0 Å². The van der Waals surface area contributed by atoms with Crippen LogP contribution in [-0.2, 0) is 0 Å². The maximum Gasteiger partial charge on any atom is 0.277 e. The molecule has 4 nitrogen and oxygen atoms in total. The van der Waals surface area contributed by atoms with Crippen LogP contribution in [0.4, 0.5) is 0 Å². The first kappa shape index (κ1) is 6.86. The molecule has 1 heterocycles. The Morgan fingerprint density at radius 3 is 3.20 bits per heavy atom. The van der Waals surface area contributed by atoms with Gasteiger partial charge in [-0.2, -0.15) is 0 Å². The monoisotopic (exact) mass is 138 g/mol. The van der Waals surface area contributed by atoms with Crippen LogP contribution in [0.3, 0.4) is 0 Å². The molecule has 0 saturated carbocycles. The lowest BCUT2D eigenvalue weighted by Gasteiger charge is -1.92. The Hall–Kier alpha value is -1.26. The highest BCUT2D eigenvalue weighted by molar-refractivity contribution is 6.36. The van der Waals surface area contributed by atoms with Gasteiger partial charge in [-0.15, -0.1) is 0 Å². The maximum absolute atomic E-state index is 10.9. The van der Waals surface area contributed by atoms with E-state index in [1.54, 1.807) is 0 Å². The van der Waals surface area contributed by atoms with Crippen molar-refractivity contribution in [1.29, 1.82) is 0 Å². The Morgan fingerprint density at radius 1 is 1.90 bits per heavy atom. The number of hydrogen-bond acceptors (Lipinski definition) is 3. The van der Waals surface area contributed by atoms with Crippen LogP contribution >= 0.6 is 0 Å². The zero-order valence-electron chi connectivity index (χ0n) is 5.63. The topological polar surface area (TPSA) is 55.1 Å². The second-order valence-electron chi connectivity index (χ2n) is 1.74. The van der Waals surface area contributed by atoms with Gasteiger partial charge < -0.3 is 9.75 Å². The van der Waals surface area contributed by atoms with Crippen LogP contribution in [0.2, 0.25) is 6.82 Å². The van der Waals surface area contributed by atoms with E-state index in [1.807, 2.05) is 6.82 Å². The summed E-state index contributed by atoms with van der Waals surface area (Å²) in [4.78, 5) is 10.9. The predicted octanol–water partition coefficient (Wildman–Crippen LogP) is -0.196. The first-order valence-corrected chi connectivity index (χ1v) is 3.03. The second-order valence-corrected chi connectivity index (χ2v) is 1.74. The van der Waals surface area contributed by atoms with Gasteiger partial charge in [-0.3, -0.25) is 4.79 Å². The molecule has 5 heteroatoms. The summed E-state index contributed by atoms with van der Waals surface area (Å²) in [6, 6.07) is 1.52. The van der Waals surface area contributed by atoms with Gasteiger partial charge in [0.25, 0.3) is 5.91 Å². The number of nitrogens with one attached hydrogen (secondary N) is 1.